The van der Waals surface area contributed by atoms with E-state index in [0.29, 0.717) is 0 Å². The molecule has 1 amide bonds. The van der Waals surface area contributed by atoms with Crippen LogP contribution in [0.15, 0.2) is 0 Å². The molecule has 0 aromatic rings. The molecule has 1 unspecified atom stereocenters. The summed E-state index contributed by atoms with van der Waals surface area (Å²) in [5.41, 5.74) is 5.03. The normalized spacial score (nSPS) is 14.2. The van der Waals surface area contributed by atoms with Gasteiger partial charge in [-0.15, -0.1) is 0 Å². The van der Waals surface area contributed by atoms with Crippen LogP contribution in [0, 0.1) is 5.41 Å². The quantitative estimate of drug-likeness (QED) is 0.669. The first-order valence-corrected chi connectivity index (χ1v) is 3.77. The number of hydrogen-bond donors (Lipinski definition) is 1. The highest BCUT2D eigenvalue weighted by atomic mass is 16.6. The minimum absolute atomic E-state index is 0.0903. The molecule has 0 saturated heterocycles. The second-order valence-corrected chi connectivity index (χ2v) is 4.01. The van der Waals surface area contributed by atoms with E-state index in [1.54, 1.807) is 0 Å². The molecule has 0 bridgehead atoms. The minimum atomic E-state index is -0.693. The van der Waals surface area contributed by atoms with Crippen molar-refractivity contribution in [2.45, 2.75) is 40.2 Å². The lowest BCUT2D eigenvalue weighted by atomic mass is 9.90. The standard InChI is InChI=1S/C8H17NO2/c1-6(11-7(9)10)5-8(2,3)4/h6H,5H2,1-4H3,(H2,9,10). The van der Waals surface area contributed by atoms with E-state index in [1.165, 1.54) is 0 Å². The van der Waals surface area contributed by atoms with Gasteiger partial charge in [-0.3, -0.25) is 0 Å². The van der Waals surface area contributed by atoms with Crippen molar-refractivity contribution in [3.63, 3.8) is 0 Å². The Bertz CT molecular complexity index is 138. The molecule has 0 fully saturated rings. The molecule has 3 heteroatoms. The summed E-state index contributed by atoms with van der Waals surface area (Å²) in [7, 11) is 0. The van der Waals surface area contributed by atoms with Crippen LogP contribution in [0.3, 0.4) is 0 Å². The summed E-state index contributed by atoms with van der Waals surface area (Å²) >= 11 is 0. The van der Waals surface area contributed by atoms with Crippen LogP contribution in [0.25, 0.3) is 0 Å². The summed E-state index contributed by atoms with van der Waals surface area (Å²) < 4.78 is 4.77. The maximum Gasteiger partial charge on any atom is 0.404 e. The van der Waals surface area contributed by atoms with E-state index < -0.39 is 6.09 Å². The Balaban J connectivity index is 3.69. The Morgan fingerprint density at radius 1 is 1.55 bits per heavy atom. The molecule has 0 aliphatic heterocycles. The average Bonchev–Trinajstić information content (AvgIpc) is 1.53. The van der Waals surface area contributed by atoms with Crippen molar-refractivity contribution in [3.8, 4) is 0 Å². The zero-order valence-corrected chi connectivity index (χ0v) is 7.68. The third-order valence-corrected chi connectivity index (χ3v) is 1.22. The van der Waals surface area contributed by atoms with E-state index in [-0.39, 0.29) is 11.5 Å². The molecule has 0 saturated carbocycles. The lowest BCUT2D eigenvalue weighted by molar-refractivity contribution is 0.0901. The van der Waals surface area contributed by atoms with Crippen LogP contribution in [0.4, 0.5) is 4.79 Å². The van der Waals surface area contributed by atoms with Crippen molar-refractivity contribution in [1.82, 2.24) is 0 Å². The average molecular weight is 159 g/mol. The number of amides is 1. The van der Waals surface area contributed by atoms with Gasteiger partial charge in [-0.2, -0.15) is 0 Å². The van der Waals surface area contributed by atoms with E-state index >= 15 is 0 Å². The molecule has 3 nitrogen and oxygen atoms in total. The summed E-state index contributed by atoms with van der Waals surface area (Å²) in [6.45, 7) is 8.12. The fraction of sp³-hybridized carbons (Fsp3) is 0.875. The first-order valence-electron chi connectivity index (χ1n) is 3.77. The van der Waals surface area contributed by atoms with Crippen LogP contribution in [0.1, 0.15) is 34.1 Å². The molecule has 66 valence electrons. The van der Waals surface area contributed by atoms with Crippen molar-refractivity contribution >= 4 is 6.09 Å². The fourth-order valence-corrected chi connectivity index (χ4v) is 1.10. The third kappa shape index (κ3) is 7.16. The predicted octanol–water partition coefficient (Wildman–Crippen LogP) is 1.91. The van der Waals surface area contributed by atoms with Gasteiger partial charge in [0.15, 0.2) is 0 Å². The zero-order valence-electron chi connectivity index (χ0n) is 7.68. The minimum Gasteiger partial charge on any atom is -0.447 e. The van der Waals surface area contributed by atoms with Crippen LogP contribution in [0.5, 0.6) is 0 Å². The van der Waals surface area contributed by atoms with Crippen LogP contribution in [-0.4, -0.2) is 12.2 Å². The molecule has 0 aliphatic rings. The Kier molecular flexibility index (Phi) is 3.36. The van der Waals surface area contributed by atoms with Gasteiger partial charge in [0.05, 0.1) is 0 Å². The van der Waals surface area contributed by atoms with E-state index in [2.05, 4.69) is 20.8 Å². The Hall–Kier alpha value is -0.730. The summed E-state index contributed by atoms with van der Waals surface area (Å²) in [5.74, 6) is 0. The van der Waals surface area contributed by atoms with E-state index in [4.69, 9.17) is 10.5 Å². The van der Waals surface area contributed by atoms with Gasteiger partial charge in [0.25, 0.3) is 0 Å². The third-order valence-electron chi connectivity index (χ3n) is 1.22. The number of ether oxygens (including phenoxy) is 1. The van der Waals surface area contributed by atoms with Gasteiger partial charge in [0, 0.05) is 0 Å². The highest BCUT2D eigenvalue weighted by Gasteiger charge is 2.16. The van der Waals surface area contributed by atoms with E-state index in [9.17, 15) is 4.79 Å². The van der Waals surface area contributed by atoms with Gasteiger partial charge in [0.2, 0.25) is 0 Å². The van der Waals surface area contributed by atoms with Gasteiger partial charge >= 0.3 is 6.09 Å². The molecule has 0 spiro atoms. The lowest BCUT2D eigenvalue weighted by Crippen LogP contribution is -2.24. The molecule has 0 aliphatic carbocycles. The molecule has 2 N–H and O–H groups in total. The Morgan fingerprint density at radius 2 is 2.00 bits per heavy atom. The fourth-order valence-electron chi connectivity index (χ4n) is 1.10. The smallest absolute Gasteiger partial charge is 0.404 e. The monoisotopic (exact) mass is 159 g/mol. The maximum absolute atomic E-state index is 10.3. The van der Waals surface area contributed by atoms with Crippen molar-refractivity contribution < 1.29 is 9.53 Å². The van der Waals surface area contributed by atoms with Gasteiger partial charge in [-0.25, -0.2) is 4.79 Å². The summed E-state index contributed by atoms with van der Waals surface area (Å²) in [6, 6.07) is 0. The molecule has 1 atom stereocenters. The molecule has 0 radical (unpaired) electrons. The SMILES string of the molecule is CC(CC(C)(C)C)OC(N)=O. The van der Waals surface area contributed by atoms with Crippen molar-refractivity contribution in [2.24, 2.45) is 11.1 Å². The molecule has 0 aromatic carbocycles. The van der Waals surface area contributed by atoms with Crippen molar-refractivity contribution in [2.75, 3.05) is 0 Å². The number of primary amides is 1. The maximum atomic E-state index is 10.3. The van der Waals surface area contributed by atoms with Crippen LogP contribution < -0.4 is 5.73 Å². The zero-order chi connectivity index (χ0) is 9.07. The molecule has 0 rings (SSSR count). The number of rotatable bonds is 2. The van der Waals surface area contributed by atoms with Crippen LogP contribution in [-0.2, 0) is 4.74 Å². The highest BCUT2D eigenvalue weighted by molar-refractivity contribution is 5.64. The van der Waals surface area contributed by atoms with E-state index in [1.807, 2.05) is 6.92 Å². The molecule has 0 heterocycles. The summed E-state index contributed by atoms with van der Waals surface area (Å²) in [6.07, 6.45) is 0.0462. The molecule has 0 aromatic heterocycles. The number of hydrogen-bond acceptors (Lipinski definition) is 2. The topological polar surface area (TPSA) is 52.3 Å². The lowest BCUT2D eigenvalue weighted by Gasteiger charge is -2.22. The number of nitrogens with two attached hydrogens (primary N) is 1. The number of carbonyl (C=O) groups is 1. The van der Waals surface area contributed by atoms with Crippen molar-refractivity contribution in [1.29, 1.82) is 0 Å². The second kappa shape index (κ2) is 3.60. The van der Waals surface area contributed by atoms with Crippen LogP contribution in [0.2, 0.25) is 0 Å². The van der Waals surface area contributed by atoms with Gasteiger partial charge < -0.3 is 10.5 Å². The number of carbonyl (C=O) groups excluding carboxylic acids is 1. The molecular formula is C8H17NO2. The largest absolute Gasteiger partial charge is 0.447 e. The van der Waals surface area contributed by atoms with Crippen LogP contribution >= 0.6 is 0 Å². The summed E-state index contributed by atoms with van der Waals surface area (Å²) in [4.78, 5) is 10.3. The highest BCUT2D eigenvalue weighted by Crippen LogP contribution is 2.21. The molecule has 11 heavy (non-hydrogen) atoms. The Labute approximate surface area is 67.9 Å². The summed E-state index contributed by atoms with van der Waals surface area (Å²) in [5, 5.41) is 0. The predicted molar refractivity (Wildman–Crippen MR) is 44.2 cm³/mol. The Morgan fingerprint density at radius 3 is 2.27 bits per heavy atom. The molecular weight excluding hydrogens is 142 g/mol. The van der Waals surface area contributed by atoms with Gasteiger partial charge in [0.1, 0.15) is 6.10 Å². The van der Waals surface area contributed by atoms with E-state index in [0.717, 1.165) is 6.42 Å². The van der Waals surface area contributed by atoms with Gasteiger partial charge in [-0.1, -0.05) is 20.8 Å². The van der Waals surface area contributed by atoms with Crippen molar-refractivity contribution in [3.05, 3.63) is 0 Å². The second-order valence-electron chi connectivity index (χ2n) is 4.01. The first-order chi connectivity index (χ1) is 4.81. The first kappa shape index (κ1) is 10.3. The van der Waals surface area contributed by atoms with Gasteiger partial charge in [-0.05, 0) is 18.8 Å².